The second kappa shape index (κ2) is 15.3. The normalized spacial score (nSPS) is 11.7. The summed E-state index contributed by atoms with van der Waals surface area (Å²) in [6, 6.07) is 72.3. The Kier molecular flexibility index (Phi) is 8.79. The standard InChI is InChI=1S/C57H34N6S2/c1-2-18-43(19-3-1)63-48-24-9-6-20-44(48)52-45(21-13-25-49(52)63)55-61-53(39-17-12-16-37(31-39)38-29-28-35-14-4-5-15-36(35)30-38)60-54(62-55)40-32-41(56-58-46-22-7-10-26-50(46)64-56)34-42(33-40)57-59-47-23-8-11-27-51(47)65-57/h1-34H. The summed E-state index contributed by atoms with van der Waals surface area (Å²) in [5.74, 6) is 1.74. The van der Waals surface area contributed by atoms with E-state index in [-0.39, 0.29) is 0 Å². The Hall–Kier alpha value is -8.17. The molecule has 6 nitrogen and oxygen atoms in total. The highest BCUT2D eigenvalue weighted by Crippen LogP contribution is 2.41. The maximum absolute atomic E-state index is 5.44. The molecule has 0 amide bonds. The lowest BCUT2D eigenvalue weighted by molar-refractivity contribution is 1.08. The van der Waals surface area contributed by atoms with Gasteiger partial charge in [0.25, 0.3) is 0 Å². The topological polar surface area (TPSA) is 69.4 Å². The number of rotatable bonds is 7. The molecule has 13 rings (SSSR count). The monoisotopic (exact) mass is 866 g/mol. The maximum atomic E-state index is 5.44. The van der Waals surface area contributed by atoms with Crippen molar-refractivity contribution >= 4 is 75.7 Å². The summed E-state index contributed by atoms with van der Waals surface area (Å²) in [4.78, 5) is 26.4. The summed E-state index contributed by atoms with van der Waals surface area (Å²) >= 11 is 3.37. The van der Waals surface area contributed by atoms with Gasteiger partial charge in [-0.1, -0.05) is 127 Å². The van der Waals surface area contributed by atoms with Gasteiger partial charge in [-0.15, -0.1) is 22.7 Å². The van der Waals surface area contributed by atoms with E-state index in [1.807, 2.05) is 12.1 Å². The quantitative estimate of drug-likeness (QED) is 0.160. The minimum absolute atomic E-state index is 0.565. The van der Waals surface area contributed by atoms with Gasteiger partial charge in [0.2, 0.25) is 0 Å². The van der Waals surface area contributed by atoms with Crippen molar-refractivity contribution in [3.63, 3.8) is 0 Å². The van der Waals surface area contributed by atoms with Gasteiger partial charge in [-0.05, 0) is 101 Å². The molecule has 0 saturated heterocycles. The van der Waals surface area contributed by atoms with E-state index >= 15 is 0 Å². The van der Waals surface area contributed by atoms with Crippen LogP contribution < -0.4 is 0 Å². The van der Waals surface area contributed by atoms with Crippen LogP contribution in [-0.4, -0.2) is 29.5 Å². The third kappa shape index (κ3) is 6.58. The highest BCUT2D eigenvalue weighted by Gasteiger charge is 2.21. The van der Waals surface area contributed by atoms with Crippen molar-refractivity contribution < 1.29 is 0 Å². The van der Waals surface area contributed by atoms with Crippen molar-refractivity contribution in [3.8, 4) is 72.1 Å². The van der Waals surface area contributed by atoms with E-state index in [0.29, 0.717) is 17.5 Å². The van der Waals surface area contributed by atoms with Crippen molar-refractivity contribution in [2.24, 2.45) is 0 Å². The van der Waals surface area contributed by atoms with Crippen molar-refractivity contribution in [1.82, 2.24) is 29.5 Å². The van der Waals surface area contributed by atoms with Gasteiger partial charge in [-0.25, -0.2) is 24.9 Å². The highest BCUT2D eigenvalue weighted by atomic mass is 32.1. The lowest BCUT2D eigenvalue weighted by atomic mass is 9.99. The van der Waals surface area contributed by atoms with E-state index in [1.165, 1.54) is 10.8 Å². The number of aromatic nitrogens is 6. The molecule has 13 aromatic rings. The average molecular weight is 867 g/mol. The van der Waals surface area contributed by atoms with E-state index in [9.17, 15) is 0 Å². The van der Waals surface area contributed by atoms with Crippen molar-refractivity contribution in [2.45, 2.75) is 0 Å². The summed E-state index contributed by atoms with van der Waals surface area (Å²) in [6.07, 6.45) is 0. The molecular formula is C57H34N6S2. The largest absolute Gasteiger partial charge is 0.309 e. The van der Waals surface area contributed by atoms with Gasteiger partial charge in [-0.3, -0.25) is 0 Å². The molecule has 65 heavy (non-hydrogen) atoms. The fourth-order valence-corrected chi connectivity index (χ4v) is 10.9. The van der Waals surface area contributed by atoms with Gasteiger partial charge in [0.15, 0.2) is 17.5 Å². The number of hydrogen-bond acceptors (Lipinski definition) is 7. The zero-order chi connectivity index (χ0) is 42.8. The zero-order valence-electron chi connectivity index (χ0n) is 34.6. The number of benzene rings is 9. The third-order valence-corrected chi connectivity index (χ3v) is 14.2. The van der Waals surface area contributed by atoms with Crippen molar-refractivity contribution in [1.29, 1.82) is 0 Å². The third-order valence-electron chi connectivity index (χ3n) is 12.1. The molecule has 0 aliphatic rings. The summed E-state index contributed by atoms with van der Waals surface area (Å²) in [5.41, 5.74) is 12.1. The van der Waals surface area contributed by atoms with Gasteiger partial charge in [0, 0.05) is 44.3 Å². The molecule has 0 saturated carbocycles. The van der Waals surface area contributed by atoms with E-state index in [0.717, 1.165) is 96.9 Å². The predicted molar refractivity (Wildman–Crippen MR) is 271 cm³/mol. The first-order chi connectivity index (χ1) is 32.2. The molecule has 0 atom stereocenters. The predicted octanol–water partition coefficient (Wildman–Crippen LogP) is 15.3. The molecule has 0 aliphatic carbocycles. The van der Waals surface area contributed by atoms with Gasteiger partial charge in [0.05, 0.1) is 31.5 Å². The van der Waals surface area contributed by atoms with Crippen LogP contribution in [0.2, 0.25) is 0 Å². The molecule has 4 heterocycles. The molecule has 0 spiro atoms. The second-order valence-electron chi connectivity index (χ2n) is 16.1. The lowest BCUT2D eigenvalue weighted by Crippen LogP contribution is -2.01. The SMILES string of the molecule is c1ccc(-n2c3ccccc3c3c(-c4nc(-c5cccc(-c6ccc7ccccc7c6)c5)nc(-c5cc(-c6nc7ccccc7s6)cc(-c6nc7ccccc7s6)c5)n4)cccc32)cc1. The summed E-state index contributed by atoms with van der Waals surface area (Å²) in [5, 5.41) is 6.45. The Labute approximate surface area is 381 Å². The molecule has 0 fully saturated rings. The Morgan fingerprint density at radius 2 is 0.892 bits per heavy atom. The maximum Gasteiger partial charge on any atom is 0.164 e. The molecule has 0 unspecified atom stereocenters. The molecular weight excluding hydrogens is 833 g/mol. The Morgan fingerprint density at radius 3 is 1.65 bits per heavy atom. The Bertz CT molecular complexity index is 3820. The van der Waals surface area contributed by atoms with E-state index in [2.05, 4.69) is 199 Å². The van der Waals surface area contributed by atoms with Gasteiger partial charge >= 0.3 is 0 Å². The minimum Gasteiger partial charge on any atom is -0.309 e. The molecule has 4 aromatic heterocycles. The van der Waals surface area contributed by atoms with Gasteiger partial charge in [-0.2, -0.15) is 0 Å². The van der Waals surface area contributed by atoms with Crippen LogP contribution in [0, 0.1) is 0 Å². The molecule has 8 heteroatoms. The van der Waals surface area contributed by atoms with Crippen LogP contribution in [0.25, 0.3) is 125 Å². The zero-order valence-corrected chi connectivity index (χ0v) is 36.3. The van der Waals surface area contributed by atoms with Crippen LogP contribution in [0.15, 0.2) is 206 Å². The fourth-order valence-electron chi connectivity index (χ4n) is 9.02. The molecule has 0 N–H and O–H groups in total. The van der Waals surface area contributed by atoms with E-state index in [1.54, 1.807) is 22.7 Å². The molecule has 304 valence electrons. The number of hydrogen-bond donors (Lipinski definition) is 0. The van der Waals surface area contributed by atoms with Crippen LogP contribution in [-0.2, 0) is 0 Å². The van der Waals surface area contributed by atoms with Crippen LogP contribution in [0.1, 0.15) is 0 Å². The fraction of sp³-hybridized carbons (Fsp3) is 0. The molecule has 0 radical (unpaired) electrons. The van der Waals surface area contributed by atoms with Crippen LogP contribution in [0.3, 0.4) is 0 Å². The van der Waals surface area contributed by atoms with Crippen LogP contribution >= 0.6 is 22.7 Å². The summed E-state index contributed by atoms with van der Waals surface area (Å²) in [7, 11) is 0. The number of para-hydroxylation sites is 4. The summed E-state index contributed by atoms with van der Waals surface area (Å²) < 4.78 is 4.59. The van der Waals surface area contributed by atoms with Crippen LogP contribution in [0.5, 0.6) is 0 Å². The van der Waals surface area contributed by atoms with E-state index < -0.39 is 0 Å². The van der Waals surface area contributed by atoms with E-state index in [4.69, 9.17) is 24.9 Å². The van der Waals surface area contributed by atoms with Gasteiger partial charge in [0.1, 0.15) is 10.0 Å². The Balaban J connectivity index is 1.06. The minimum atomic E-state index is 0.565. The molecule has 0 bridgehead atoms. The lowest BCUT2D eigenvalue weighted by Gasteiger charge is -2.12. The summed E-state index contributed by atoms with van der Waals surface area (Å²) in [6.45, 7) is 0. The smallest absolute Gasteiger partial charge is 0.164 e. The Morgan fingerprint density at radius 1 is 0.338 bits per heavy atom. The number of fused-ring (bicyclic) bond motifs is 6. The van der Waals surface area contributed by atoms with Crippen molar-refractivity contribution in [2.75, 3.05) is 0 Å². The first kappa shape index (κ1) is 37.4. The van der Waals surface area contributed by atoms with Gasteiger partial charge < -0.3 is 4.57 Å². The second-order valence-corrected chi connectivity index (χ2v) is 18.2. The highest BCUT2D eigenvalue weighted by molar-refractivity contribution is 7.22. The average Bonchev–Trinajstić information content (AvgIpc) is 4.11. The molecule has 0 aliphatic heterocycles. The molecule has 9 aromatic carbocycles. The number of nitrogens with zero attached hydrogens (tertiary/aromatic N) is 6. The van der Waals surface area contributed by atoms with Crippen molar-refractivity contribution in [3.05, 3.63) is 206 Å². The van der Waals surface area contributed by atoms with Crippen LogP contribution in [0.4, 0.5) is 0 Å². The number of thiazole rings is 2. The first-order valence-corrected chi connectivity index (χ1v) is 23.1. The first-order valence-electron chi connectivity index (χ1n) is 21.5.